The fraction of sp³-hybridized carbons (Fsp3) is 0.111. The third-order valence-electron chi connectivity index (χ3n) is 4.02. The van der Waals surface area contributed by atoms with Gasteiger partial charge >= 0.3 is 0 Å². The molecule has 1 aliphatic rings. The summed E-state index contributed by atoms with van der Waals surface area (Å²) >= 11 is 13.4. The maximum atomic E-state index is 6.19. The minimum Gasteiger partial charge on any atom is -0.351 e. The smallest absolute Gasteiger partial charge is 0.174 e. The lowest BCUT2D eigenvalue weighted by molar-refractivity contribution is 0.575. The molecule has 1 aromatic carbocycles. The SMILES string of the molecule is S=C1N[C@@H](c2ccccn2)[C@H](c2ccc(Cl)s2)N1c1ccccc1. The number of halogens is 1. The van der Waals surface area contributed by atoms with E-state index in [2.05, 4.69) is 33.4 Å². The number of rotatable bonds is 3. The van der Waals surface area contributed by atoms with Crippen LogP contribution in [0.3, 0.4) is 0 Å². The molecule has 6 heteroatoms. The minimum absolute atomic E-state index is 0.0198. The summed E-state index contributed by atoms with van der Waals surface area (Å²) in [5, 5.41) is 4.14. The van der Waals surface area contributed by atoms with Crippen LogP contribution >= 0.6 is 35.2 Å². The molecule has 2 aromatic heterocycles. The zero-order valence-electron chi connectivity index (χ0n) is 12.6. The van der Waals surface area contributed by atoms with E-state index in [0.29, 0.717) is 5.11 Å². The number of thiocarbonyl (C=S) groups is 1. The average molecular weight is 372 g/mol. The third kappa shape index (κ3) is 2.79. The highest BCUT2D eigenvalue weighted by Gasteiger charge is 2.41. The molecule has 0 spiro atoms. The Labute approximate surface area is 154 Å². The van der Waals surface area contributed by atoms with Gasteiger partial charge in [0.05, 0.1) is 22.1 Å². The number of para-hydroxylation sites is 1. The topological polar surface area (TPSA) is 28.2 Å². The highest BCUT2D eigenvalue weighted by atomic mass is 35.5. The molecular formula is C18H14ClN3S2. The summed E-state index contributed by atoms with van der Waals surface area (Å²) in [6.45, 7) is 0. The van der Waals surface area contributed by atoms with E-state index in [0.717, 1.165) is 20.6 Å². The molecule has 1 saturated heterocycles. The van der Waals surface area contributed by atoms with Crippen LogP contribution in [0.1, 0.15) is 22.7 Å². The summed E-state index contributed by atoms with van der Waals surface area (Å²) in [7, 11) is 0. The van der Waals surface area contributed by atoms with Crippen LogP contribution in [0.15, 0.2) is 66.9 Å². The van der Waals surface area contributed by atoms with E-state index in [9.17, 15) is 0 Å². The van der Waals surface area contributed by atoms with Crippen molar-refractivity contribution < 1.29 is 0 Å². The van der Waals surface area contributed by atoms with Crippen molar-refractivity contribution in [2.75, 3.05) is 4.90 Å². The first-order valence-electron chi connectivity index (χ1n) is 7.55. The molecule has 1 N–H and O–H groups in total. The van der Waals surface area contributed by atoms with Gasteiger partial charge in [0, 0.05) is 16.8 Å². The Morgan fingerprint density at radius 1 is 1.04 bits per heavy atom. The third-order valence-corrected chi connectivity index (χ3v) is 5.63. The van der Waals surface area contributed by atoms with Crippen molar-refractivity contribution in [1.29, 1.82) is 0 Å². The van der Waals surface area contributed by atoms with E-state index in [4.69, 9.17) is 23.8 Å². The predicted octanol–water partition coefficient (Wildman–Crippen LogP) is 4.97. The fourth-order valence-corrected chi connectivity index (χ4v) is 4.53. The van der Waals surface area contributed by atoms with Crippen LogP contribution in [-0.2, 0) is 0 Å². The van der Waals surface area contributed by atoms with E-state index in [1.165, 1.54) is 0 Å². The first kappa shape index (κ1) is 15.6. The normalized spacial score (nSPS) is 20.2. The largest absolute Gasteiger partial charge is 0.351 e. The second kappa shape index (κ2) is 6.51. The van der Waals surface area contributed by atoms with Gasteiger partial charge in [0.2, 0.25) is 0 Å². The van der Waals surface area contributed by atoms with Crippen LogP contribution in [0.4, 0.5) is 5.69 Å². The second-order valence-corrected chi connectivity index (χ2v) is 7.61. The van der Waals surface area contributed by atoms with Crippen molar-refractivity contribution in [3.05, 3.63) is 81.8 Å². The van der Waals surface area contributed by atoms with E-state index in [1.54, 1.807) is 11.3 Å². The average Bonchev–Trinajstić information content (AvgIpc) is 3.19. The number of thiophene rings is 1. The monoisotopic (exact) mass is 371 g/mol. The fourth-order valence-electron chi connectivity index (χ4n) is 3.00. The molecular weight excluding hydrogens is 358 g/mol. The molecule has 0 saturated carbocycles. The summed E-state index contributed by atoms with van der Waals surface area (Å²) < 4.78 is 0.774. The van der Waals surface area contributed by atoms with Gasteiger partial charge < -0.3 is 10.2 Å². The Morgan fingerprint density at radius 3 is 2.50 bits per heavy atom. The molecule has 2 atom stereocenters. The lowest BCUT2D eigenvalue weighted by Gasteiger charge is -2.26. The number of hydrogen-bond acceptors (Lipinski definition) is 3. The van der Waals surface area contributed by atoms with Gasteiger partial charge in [0.25, 0.3) is 0 Å². The van der Waals surface area contributed by atoms with Crippen LogP contribution in [0.2, 0.25) is 4.34 Å². The highest BCUT2D eigenvalue weighted by Crippen LogP contribution is 2.44. The van der Waals surface area contributed by atoms with Crippen molar-refractivity contribution >= 4 is 46.0 Å². The maximum Gasteiger partial charge on any atom is 0.174 e. The molecule has 1 aliphatic heterocycles. The minimum atomic E-state index is -0.0198. The molecule has 0 radical (unpaired) electrons. The molecule has 4 rings (SSSR count). The summed E-state index contributed by atoms with van der Waals surface area (Å²) in [6.07, 6.45) is 1.81. The quantitative estimate of drug-likeness (QED) is 0.657. The zero-order valence-corrected chi connectivity index (χ0v) is 15.0. The zero-order chi connectivity index (χ0) is 16.5. The first-order valence-corrected chi connectivity index (χ1v) is 9.15. The summed E-state index contributed by atoms with van der Waals surface area (Å²) in [5.74, 6) is 0. The Balaban J connectivity index is 1.82. The van der Waals surface area contributed by atoms with Gasteiger partial charge in [0.1, 0.15) is 0 Å². The van der Waals surface area contributed by atoms with Crippen LogP contribution in [0.5, 0.6) is 0 Å². The number of aromatic nitrogens is 1. The van der Waals surface area contributed by atoms with Gasteiger partial charge in [-0.2, -0.15) is 0 Å². The molecule has 3 aromatic rings. The number of hydrogen-bond donors (Lipinski definition) is 1. The first-order chi connectivity index (χ1) is 11.7. The second-order valence-electron chi connectivity index (χ2n) is 5.47. The van der Waals surface area contributed by atoms with Gasteiger partial charge in [-0.25, -0.2) is 0 Å². The predicted molar refractivity (Wildman–Crippen MR) is 104 cm³/mol. The van der Waals surface area contributed by atoms with Crippen LogP contribution < -0.4 is 10.2 Å². The number of nitrogens with one attached hydrogen (secondary N) is 1. The van der Waals surface area contributed by atoms with Gasteiger partial charge in [-0.1, -0.05) is 35.9 Å². The summed E-state index contributed by atoms with van der Waals surface area (Å²) in [5.41, 5.74) is 2.02. The van der Waals surface area contributed by atoms with Gasteiger partial charge in [-0.05, 0) is 48.6 Å². The number of nitrogens with zero attached hydrogens (tertiary/aromatic N) is 2. The molecule has 24 heavy (non-hydrogen) atoms. The number of benzene rings is 1. The van der Waals surface area contributed by atoms with Crippen LogP contribution in [-0.4, -0.2) is 10.1 Å². The van der Waals surface area contributed by atoms with Crippen LogP contribution in [0.25, 0.3) is 0 Å². The highest BCUT2D eigenvalue weighted by molar-refractivity contribution is 7.80. The standard InChI is InChI=1S/C18H14ClN3S2/c19-15-10-9-14(24-15)17-16(13-8-4-5-11-20-13)21-18(23)22(17)12-6-2-1-3-7-12/h1-11,16-17H,(H,21,23)/t16-,17-/m0/s1. The summed E-state index contributed by atoms with van der Waals surface area (Å²) in [4.78, 5) is 7.84. The van der Waals surface area contributed by atoms with Crippen molar-refractivity contribution in [2.24, 2.45) is 0 Å². The summed E-state index contributed by atoms with van der Waals surface area (Å²) in [6, 6.07) is 20.1. The lowest BCUT2D eigenvalue weighted by Crippen LogP contribution is -2.28. The van der Waals surface area contributed by atoms with Gasteiger partial charge in [0.15, 0.2) is 5.11 Å². The van der Waals surface area contributed by atoms with E-state index in [-0.39, 0.29) is 12.1 Å². The van der Waals surface area contributed by atoms with Gasteiger partial charge in [-0.15, -0.1) is 11.3 Å². The van der Waals surface area contributed by atoms with Crippen molar-refractivity contribution in [2.45, 2.75) is 12.1 Å². The van der Waals surface area contributed by atoms with Crippen molar-refractivity contribution in [3.8, 4) is 0 Å². The molecule has 3 heterocycles. The molecule has 0 amide bonds. The van der Waals surface area contributed by atoms with E-state index < -0.39 is 0 Å². The number of pyridine rings is 1. The molecule has 0 bridgehead atoms. The van der Waals surface area contributed by atoms with Crippen molar-refractivity contribution in [3.63, 3.8) is 0 Å². The van der Waals surface area contributed by atoms with E-state index in [1.807, 2.05) is 48.7 Å². The van der Waals surface area contributed by atoms with Crippen LogP contribution in [0, 0.1) is 0 Å². The molecule has 120 valence electrons. The Kier molecular flexibility index (Phi) is 4.22. The number of anilines is 1. The Hall–Kier alpha value is -1.95. The van der Waals surface area contributed by atoms with Gasteiger partial charge in [-0.3, -0.25) is 4.98 Å². The Bertz CT molecular complexity index is 851. The maximum absolute atomic E-state index is 6.19. The molecule has 1 fully saturated rings. The van der Waals surface area contributed by atoms with E-state index >= 15 is 0 Å². The Morgan fingerprint density at radius 2 is 1.83 bits per heavy atom. The molecule has 0 unspecified atom stereocenters. The van der Waals surface area contributed by atoms with Crippen molar-refractivity contribution in [1.82, 2.24) is 10.3 Å². The molecule has 0 aliphatic carbocycles. The lowest BCUT2D eigenvalue weighted by atomic mass is 10.0. The molecule has 3 nitrogen and oxygen atoms in total.